The van der Waals surface area contributed by atoms with Gasteiger partial charge in [0.2, 0.25) is 0 Å². The number of anilines is 1. The van der Waals surface area contributed by atoms with Crippen LogP contribution < -0.4 is 10.9 Å². The van der Waals surface area contributed by atoms with Crippen LogP contribution in [0.3, 0.4) is 0 Å². The van der Waals surface area contributed by atoms with Crippen molar-refractivity contribution in [2.24, 2.45) is 0 Å². The average Bonchev–Trinajstić information content (AvgIpc) is 2.05. The van der Waals surface area contributed by atoms with Gasteiger partial charge < -0.3 is 10.0 Å². The predicted molar refractivity (Wildman–Crippen MR) is 48.9 cm³/mol. The van der Waals surface area contributed by atoms with E-state index in [2.05, 4.69) is 0 Å². The number of hydrogen-bond donors (Lipinski definition) is 4. The molecule has 1 rings (SSSR count). The highest BCUT2D eigenvalue weighted by Gasteiger charge is 2.09. The zero-order valence-corrected chi connectivity index (χ0v) is 6.95. The number of hydrogen-bond acceptors (Lipinski definition) is 4. The molecule has 0 unspecified atom stereocenters. The summed E-state index contributed by atoms with van der Waals surface area (Å²) in [5.74, 6) is 0. The molecule has 0 fully saturated rings. The lowest BCUT2D eigenvalue weighted by Crippen LogP contribution is -2.29. The topological polar surface area (TPSA) is 72.7 Å². The molecular weight excluding hydrogens is 180 g/mol. The summed E-state index contributed by atoms with van der Waals surface area (Å²) in [5.41, 5.74) is 2.66. The molecule has 1 aromatic rings. The molecule has 0 aliphatic carbocycles. The predicted octanol–water partition coefficient (Wildman–Crippen LogP) is -0.411. The molecule has 12 heavy (non-hydrogen) atoms. The van der Waals surface area contributed by atoms with Gasteiger partial charge in [-0.05, 0) is 17.6 Å². The van der Waals surface area contributed by atoms with Gasteiger partial charge in [0, 0.05) is 0 Å². The van der Waals surface area contributed by atoms with E-state index in [1.165, 1.54) is 6.07 Å². The first-order valence-electron chi connectivity index (χ1n) is 3.10. The third kappa shape index (κ3) is 2.71. The fourth-order valence-electron chi connectivity index (χ4n) is 0.769. The molecule has 0 atom stereocenters. The second kappa shape index (κ2) is 5.00. The van der Waals surface area contributed by atoms with Crippen LogP contribution >= 0.6 is 12.4 Å². The fourth-order valence-corrected chi connectivity index (χ4v) is 0.769. The SMILES string of the molecule is Cl.ONc1cccc(B(O)O)c1. The van der Waals surface area contributed by atoms with Crippen LogP contribution in [0.25, 0.3) is 0 Å². The van der Waals surface area contributed by atoms with Crippen molar-refractivity contribution < 1.29 is 15.3 Å². The van der Waals surface area contributed by atoms with Gasteiger partial charge in [-0.1, -0.05) is 12.1 Å². The Labute approximate surface area is 76.4 Å². The van der Waals surface area contributed by atoms with Crippen LogP contribution in [0.15, 0.2) is 24.3 Å². The van der Waals surface area contributed by atoms with E-state index in [0.717, 1.165) is 0 Å². The van der Waals surface area contributed by atoms with E-state index in [-0.39, 0.29) is 12.4 Å². The quantitative estimate of drug-likeness (QED) is 0.377. The van der Waals surface area contributed by atoms with E-state index in [9.17, 15) is 0 Å². The van der Waals surface area contributed by atoms with Gasteiger partial charge in [-0.25, -0.2) is 0 Å². The lowest BCUT2D eigenvalue weighted by molar-refractivity contribution is 0.389. The Kier molecular flexibility index (Phi) is 4.69. The van der Waals surface area contributed by atoms with E-state index >= 15 is 0 Å². The maximum absolute atomic E-state index is 8.69. The maximum atomic E-state index is 8.69. The second-order valence-electron chi connectivity index (χ2n) is 2.11. The van der Waals surface area contributed by atoms with Gasteiger partial charge in [0.25, 0.3) is 0 Å². The molecule has 0 saturated carbocycles. The van der Waals surface area contributed by atoms with Crippen LogP contribution in [0.4, 0.5) is 5.69 Å². The first kappa shape index (κ1) is 11.3. The zero-order valence-electron chi connectivity index (χ0n) is 6.14. The number of benzene rings is 1. The van der Waals surface area contributed by atoms with Gasteiger partial charge in [0.15, 0.2) is 0 Å². The van der Waals surface area contributed by atoms with E-state index in [0.29, 0.717) is 11.2 Å². The normalized spacial score (nSPS) is 8.58. The average molecular weight is 189 g/mol. The first-order valence-corrected chi connectivity index (χ1v) is 3.10. The Bertz CT molecular complexity index is 246. The number of nitrogens with one attached hydrogen (secondary N) is 1. The standard InChI is InChI=1S/C6H8BNO3.ClH/c9-7(10)5-2-1-3-6(4-5)8-11;/h1-4,8-11H;1H. The molecule has 0 amide bonds. The molecule has 4 N–H and O–H groups in total. The monoisotopic (exact) mass is 189 g/mol. The minimum Gasteiger partial charge on any atom is -0.423 e. The van der Waals surface area contributed by atoms with Gasteiger partial charge >= 0.3 is 7.12 Å². The third-order valence-corrected chi connectivity index (χ3v) is 1.31. The molecule has 0 spiro atoms. The Hall–Kier alpha value is -0.745. The van der Waals surface area contributed by atoms with Gasteiger partial charge in [0.05, 0.1) is 5.69 Å². The molecular formula is C6H9BClNO3. The highest BCUT2D eigenvalue weighted by molar-refractivity contribution is 6.58. The van der Waals surface area contributed by atoms with Crippen LogP contribution in [-0.2, 0) is 0 Å². The molecule has 0 saturated heterocycles. The van der Waals surface area contributed by atoms with Crippen molar-refractivity contribution in [1.82, 2.24) is 0 Å². The lowest BCUT2D eigenvalue weighted by Gasteiger charge is -2.01. The highest BCUT2D eigenvalue weighted by atomic mass is 35.5. The molecule has 0 radical (unpaired) electrons. The third-order valence-electron chi connectivity index (χ3n) is 1.31. The smallest absolute Gasteiger partial charge is 0.423 e. The fraction of sp³-hybridized carbons (Fsp3) is 0. The Morgan fingerprint density at radius 1 is 1.25 bits per heavy atom. The second-order valence-corrected chi connectivity index (χ2v) is 2.11. The summed E-state index contributed by atoms with van der Waals surface area (Å²) in [7, 11) is -1.50. The van der Waals surface area contributed by atoms with E-state index < -0.39 is 7.12 Å². The Morgan fingerprint density at radius 3 is 2.42 bits per heavy atom. The molecule has 0 bridgehead atoms. The largest absolute Gasteiger partial charge is 0.488 e. The maximum Gasteiger partial charge on any atom is 0.488 e. The summed E-state index contributed by atoms with van der Waals surface area (Å²) in [5, 5.41) is 25.8. The molecule has 0 aliphatic rings. The molecule has 4 nitrogen and oxygen atoms in total. The molecule has 0 aliphatic heterocycles. The van der Waals surface area contributed by atoms with E-state index in [1.807, 2.05) is 5.48 Å². The molecule has 0 aromatic heterocycles. The van der Waals surface area contributed by atoms with Crippen LogP contribution in [-0.4, -0.2) is 22.4 Å². The number of rotatable bonds is 2. The van der Waals surface area contributed by atoms with Gasteiger partial charge in [0.1, 0.15) is 0 Å². The molecule has 1 aromatic carbocycles. The van der Waals surface area contributed by atoms with Crippen LogP contribution in [0.1, 0.15) is 0 Å². The molecule has 0 heterocycles. The highest BCUT2D eigenvalue weighted by Crippen LogP contribution is 2.01. The van der Waals surface area contributed by atoms with Crippen LogP contribution in [0, 0.1) is 0 Å². The van der Waals surface area contributed by atoms with E-state index in [1.54, 1.807) is 18.2 Å². The summed E-state index contributed by atoms with van der Waals surface area (Å²) < 4.78 is 0. The summed E-state index contributed by atoms with van der Waals surface area (Å²) >= 11 is 0. The van der Waals surface area contributed by atoms with Crippen molar-refractivity contribution in [3.63, 3.8) is 0 Å². The van der Waals surface area contributed by atoms with E-state index in [4.69, 9.17) is 15.3 Å². The summed E-state index contributed by atoms with van der Waals surface area (Å²) in [6.45, 7) is 0. The van der Waals surface area contributed by atoms with Crippen molar-refractivity contribution in [3.05, 3.63) is 24.3 Å². The van der Waals surface area contributed by atoms with Crippen molar-refractivity contribution in [2.45, 2.75) is 0 Å². The van der Waals surface area contributed by atoms with Crippen molar-refractivity contribution in [3.8, 4) is 0 Å². The summed E-state index contributed by atoms with van der Waals surface area (Å²) in [4.78, 5) is 0. The summed E-state index contributed by atoms with van der Waals surface area (Å²) in [6, 6.07) is 6.19. The minimum atomic E-state index is -1.50. The lowest BCUT2D eigenvalue weighted by atomic mass is 9.80. The van der Waals surface area contributed by atoms with Gasteiger partial charge in [-0.3, -0.25) is 10.7 Å². The van der Waals surface area contributed by atoms with Crippen LogP contribution in [0.2, 0.25) is 0 Å². The minimum absolute atomic E-state index is 0. The first-order chi connectivity index (χ1) is 5.24. The Balaban J connectivity index is 0.00000121. The number of halogens is 1. The van der Waals surface area contributed by atoms with Gasteiger partial charge in [-0.15, -0.1) is 12.4 Å². The van der Waals surface area contributed by atoms with Crippen molar-refractivity contribution in [2.75, 3.05) is 5.48 Å². The molecule has 6 heteroatoms. The summed E-state index contributed by atoms with van der Waals surface area (Å²) in [6.07, 6.45) is 0. The van der Waals surface area contributed by atoms with Crippen LogP contribution in [0.5, 0.6) is 0 Å². The zero-order chi connectivity index (χ0) is 8.27. The Morgan fingerprint density at radius 2 is 1.92 bits per heavy atom. The molecule has 66 valence electrons. The van der Waals surface area contributed by atoms with Crippen molar-refractivity contribution >= 4 is 30.7 Å². The van der Waals surface area contributed by atoms with Crippen molar-refractivity contribution in [1.29, 1.82) is 0 Å². The van der Waals surface area contributed by atoms with Gasteiger partial charge in [-0.2, -0.15) is 0 Å².